The monoisotopic (exact) mass is 259 g/mol. The van der Waals surface area contributed by atoms with E-state index in [1.165, 1.54) is 0 Å². The molecule has 0 saturated carbocycles. The van der Waals surface area contributed by atoms with Gasteiger partial charge in [-0.25, -0.2) is 0 Å². The number of aromatic nitrogens is 2. The molecule has 0 radical (unpaired) electrons. The molecule has 78 valence electrons. The van der Waals surface area contributed by atoms with E-state index >= 15 is 0 Å². The molecule has 0 saturated heterocycles. The van der Waals surface area contributed by atoms with Crippen LogP contribution in [0, 0.1) is 0 Å². The molecule has 0 aromatic carbocycles. The average molecular weight is 260 g/mol. The summed E-state index contributed by atoms with van der Waals surface area (Å²) in [6.45, 7) is 4.45. The first-order valence-electron chi connectivity index (χ1n) is 4.56. The Morgan fingerprint density at radius 3 is 2.93 bits per heavy atom. The molecule has 1 heterocycles. The Kier molecular flexibility index (Phi) is 3.83. The van der Waals surface area contributed by atoms with Crippen molar-refractivity contribution in [2.24, 2.45) is 5.73 Å². The van der Waals surface area contributed by atoms with Crippen LogP contribution in [0.5, 0.6) is 0 Å². The number of halogens is 1. The quantitative estimate of drug-likeness (QED) is 0.836. The van der Waals surface area contributed by atoms with Crippen molar-refractivity contribution >= 4 is 21.7 Å². The van der Waals surface area contributed by atoms with Gasteiger partial charge in [0.2, 0.25) is 0 Å². The summed E-state index contributed by atoms with van der Waals surface area (Å²) >= 11 is 3.30. The van der Waals surface area contributed by atoms with E-state index in [1.54, 1.807) is 10.9 Å². The predicted octanol–water partition coefficient (Wildman–Crippen LogP) is 1.59. The van der Waals surface area contributed by atoms with E-state index in [0.717, 1.165) is 4.47 Å². The third kappa shape index (κ3) is 2.42. The number of hydrogen-bond acceptors (Lipinski definition) is 3. The summed E-state index contributed by atoms with van der Waals surface area (Å²) in [7, 11) is 0. The summed E-state index contributed by atoms with van der Waals surface area (Å²) in [5.41, 5.74) is 6.19. The lowest BCUT2D eigenvalue weighted by Crippen LogP contribution is -2.21. The maximum absolute atomic E-state index is 11.7. The number of carbonyl (C=O) groups is 1. The second-order valence-corrected chi connectivity index (χ2v) is 4.12. The Balaban J connectivity index is 2.93. The zero-order chi connectivity index (χ0) is 10.7. The van der Waals surface area contributed by atoms with Gasteiger partial charge in [0.05, 0.1) is 10.7 Å². The van der Waals surface area contributed by atoms with Crippen LogP contribution >= 0.6 is 15.9 Å². The lowest BCUT2D eigenvalue weighted by atomic mass is 10.1. The zero-order valence-electron chi connectivity index (χ0n) is 8.33. The molecule has 4 nitrogen and oxygen atoms in total. The fraction of sp³-hybridized carbons (Fsp3) is 0.556. The van der Waals surface area contributed by atoms with Crippen LogP contribution in [0.3, 0.4) is 0 Å². The molecule has 0 aliphatic rings. The molecule has 1 aromatic rings. The van der Waals surface area contributed by atoms with Gasteiger partial charge in [-0.2, -0.15) is 5.10 Å². The fourth-order valence-corrected chi connectivity index (χ4v) is 1.79. The topological polar surface area (TPSA) is 60.9 Å². The molecule has 1 rings (SSSR count). The SMILES string of the molecule is CCn1ncc(Br)c1C(=O)CC(C)N. The molecule has 0 amide bonds. The van der Waals surface area contributed by atoms with Crippen molar-refractivity contribution in [3.8, 4) is 0 Å². The minimum Gasteiger partial charge on any atom is -0.328 e. The van der Waals surface area contributed by atoms with Crippen LogP contribution < -0.4 is 5.73 Å². The van der Waals surface area contributed by atoms with Crippen molar-refractivity contribution in [1.82, 2.24) is 9.78 Å². The number of ketones is 1. The van der Waals surface area contributed by atoms with Gasteiger partial charge >= 0.3 is 0 Å². The van der Waals surface area contributed by atoms with E-state index in [4.69, 9.17) is 5.73 Å². The highest BCUT2D eigenvalue weighted by molar-refractivity contribution is 9.10. The molecular formula is C9H14BrN3O. The highest BCUT2D eigenvalue weighted by Gasteiger charge is 2.17. The first-order valence-corrected chi connectivity index (χ1v) is 5.35. The lowest BCUT2D eigenvalue weighted by Gasteiger charge is -2.06. The van der Waals surface area contributed by atoms with Gasteiger partial charge in [0.1, 0.15) is 5.69 Å². The van der Waals surface area contributed by atoms with Crippen LogP contribution in [-0.4, -0.2) is 21.6 Å². The normalized spacial score (nSPS) is 12.9. The maximum Gasteiger partial charge on any atom is 0.183 e. The van der Waals surface area contributed by atoms with E-state index in [0.29, 0.717) is 18.7 Å². The summed E-state index contributed by atoms with van der Waals surface area (Å²) < 4.78 is 2.42. The lowest BCUT2D eigenvalue weighted by molar-refractivity contribution is 0.0965. The van der Waals surface area contributed by atoms with Crippen molar-refractivity contribution in [3.63, 3.8) is 0 Å². The number of hydrogen-bond donors (Lipinski definition) is 1. The van der Waals surface area contributed by atoms with Crippen LogP contribution in [0.25, 0.3) is 0 Å². The molecular weight excluding hydrogens is 246 g/mol. The molecule has 5 heteroatoms. The maximum atomic E-state index is 11.7. The minimum absolute atomic E-state index is 0.0335. The number of aryl methyl sites for hydroxylation is 1. The summed E-state index contributed by atoms with van der Waals surface area (Å²) in [6.07, 6.45) is 1.99. The van der Waals surface area contributed by atoms with Crippen molar-refractivity contribution in [3.05, 3.63) is 16.4 Å². The van der Waals surface area contributed by atoms with Gasteiger partial charge in [-0.3, -0.25) is 9.48 Å². The Labute approximate surface area is 91.6 Å². The number of nitrogens with zero attached hydrogens (tertiary/aromatic N) is 2. The van der Waals surface area contributed by atoms with Gasteiger partial charge in [0, 0.05) is 19.0 Å². The van der Waals surface area contributed by atoms with Gasteiger partial charge in [-0.05, 0) is 29.8 Å². The molecule has 1 atom stereocenters. The molecule has 0 aliphatic heterocycles. The van der Waals surface area contributed by atoms with Gasteiger partial charge in [-0.1, -0.05) is 0 Å². The van der Waals surface area contributed by atoms with Crippen LogP contribution in [0.2, 0.25) is 0 Å². The second-order valence-electron chi connectivity index (χ2n) is 3.26. The van der Waals surface area contributed by atoms with Crippen molar-refractivity contribution in [2.45, 2.75) is 32.9 Å². The Hall–Kier alpha value is -0.680. The molecule has 0 aliphatic carbocycles. The largest absolute Gasteiger partial charge is 0.328 e. The molecule has 0 bridgehead atoms. The fourth-order valence-electron chi connectivity index (χ4n) is 1.27. The highest BCUT2D eigenvalue weighted by atomic mass is 79.9. The van der Waals surface area contributed by atoms with Crippen LogP contribution in [0.15, 0.2) is 10.7 Å². The second kappa shape index (κ2) is 4.70. The first-order chi connectivity index (χ1) is 6.56. The number of Topliss-reactive ketones (excluding diaryl/α,β-unsaturated/α-hetero) is 1. The number of nitrogens with two attached hydrogens (primary N) is 1. The van der Waals surface area contributed by atoms with Gasteiger partial charge in [0.15, 0.2) is 5.78 Å². The van der Waals surface area contributed by atoms with E-state index in [1.807, 2.05) is 13.8 Å². The van der Waals surface area contributed by atoms with Crippen molar-refractivity contribution < 1.29 is 4.79 Å². The van der Waals surface area contributed by atoms with Gasteiger partial charge < -0.3 is 5.73 Å². The predicted molar refractivity (Wildman–Crippen MR) is 58.2 cm³/mol. The first kappa shape index (κ1) is 11.4. The molecule has 0 spiro atoms. The molecule has 14 heavy (non-hydrogen) atoms. The Morgan fingerprint density at radius 2 is 2.43 bits per heavy atom. The van der Waals surface area contributed by atoms with Gasteiger partial charge in [0.25, 0.3) is 0 Å². The Morgan fingerprint density at radius 1 is 1.79 bits per heavy atom. The molecule has 2 N–H and O–H groups in total. The van der Waals surface area contributed by atoms with Gasteiger partial charge in [-0.15, -0.1) is 0 Å². The number of rotatable bonds is 4. The van der Waals surface area contributed by atoms with Crippen molar-refractivity contribution in [2.75, 3.05) is 0 Å². The van der Waals surface area contributed by atoms with Crippen LogP contribution in [0.4, 0.5) is 0 Å². The molecule has 0 fully saturated rings. The van der Waals surface area contributed by atoms with Crippen molar-refractivity contribution in [1.29, 1.82) is 0 Å². The minimum atomic E-state index is -0.116. The smallest absolute Gasteiger partial charge is 0.183 e. The van der Waals surface area contributed by atoms with Crippen LogP contribution in [-0.2, 0) is 6.54 Å². The summed E-state index contributed by atoms with van der Waals surface area (Å²) in [5, 5.41) is 4.07. The third-order valence-corrected chi connectivity index (χ3v) is 2.45. The summed E-state index contributed by atoms with van der Waals surface area (Å²) in [5.74, 6) is 0.0335. The highest BCUT2D eigenvalue weighted by Crippen LogP contribution is 2.18. The van der Waals surface area contributed by atoms with E-state index in [-0.39, 0.29) is 11.8 Å². The Bertz CT molecular complexity index is 333. The van der Waals surface area contributed by atoms with Crippen LogP contribution in [0.1, 0.15) is 30.8 Å². The number of carbonyl (C=O) groups excluding carboxylic acids is 1. The molecule has 1 unspecified atom stereocenters. The average Bonchev–Trinajstić information content (AvgIpc) is 2.45. The van der Waals surface area contributed by atoms with E-state index in [2.05, 4.69) is 21.0 Å². The van der Waals surface area contributed by atoms with E-state index in [9.17, 15) is 4.79 Å². The zero-order valence-corrected chi connectivity index (χ0v) is 9.91. The summed E-state index contributed by atoms with van der Waals surface area (Å²) in [4.78, 5) is 11.7. The van der Waals surface area contributed by atoms with E-state index < -0.39 is 0 Å². The third-order valence-electron chi connectivity index (χ3n) is 1.87. The summed E-state index contributed by atoms with van der Waals surface area (Å²) in [6, 6.07) is -0.116. The standard InChI is InChI=1S/C9H14BrN3O/c1-3-13-9(7(10)5-12-13)8(14)4-6(2)11/h5-6H,3-4,11H2,1-2H3. The molecule has 1 aromatic heterocycles.